The van der Waals surface area contributed by atoms with E-state index in [0.29, 0.717) is 24.3 Å². The number of hydrogen-bond donors (Lipinski definition) is 2. The largest absolute Gasteiger partial charge is 0.494 e. The van der Waals surface area contributed by atoms with Crippen molar-refractivity contribution in [2.24, 2.45) is 5.73 Å². The predicted octanol–water partition coefficient (Wildman–Crippen LogP) is 6.24. The molecule has 1 aliphatic heterocycles. The number of hydrogen-bond acceptors (Lipinski definition) is 9. The zero-order chi connectivity index (χ0) is 35.6. The number of carbonyl (C=O) groups is 2. The Kier molecular flexibility index (Phi) is 13.3. The number of amides is 2. The second-order valence-corrected chi connectivity index (χ2v) is 15.7. The molecular weight excluding hydrogens is 649 g/mol. The summed E-state index contributed by atoms with van der Waals surface area (Å²) >= 11 is 0. The van der Waals surface area contributed by atoms with E-state index < -0.39 is 38.8 Å². The number of carbonyl (C=O) groups excluding carboxylic acids is 2. The fourth-order valence-corrected chi connectivity index (χ4v) is 7.13. The van der Waals surface area contributed by atoms with E-state index in [1.165, 1.54) is 36.6 Å². The minimum Gasteiger partial charge on any atom is -0.494 e. The normalized spacial score (nSPS) is 15.9. The second kappa shape index (κ2) is 17.2. The maximum Gasteiger partial charge on any atom is 0.250 e. The lowest BCUT2D eigenvalue weighted by atomic mass is 9.97. The van der Waals surface area contributed by atoms with Crippen LogP contribution in [0.3, 0.4) is 0 Å². The van der Waals surface area contributed by atoms with Crippen LogP contribution >= 0.6 is 0 Å². The summed E-state index contributed by atoms with van der Waals surface area (Å²) in [5, 5.41) is 10.9. The number of aromatic nitrogens is 2. The van der Waals surface area contributed by atoms with Crippen LogP contribution in [0.4, 0.5) is 10.1 Å². The highest BCUT2D eigenvalue weighted by Crippen LogP contribution is 2.37. The fourth-order valence-electron chi connectivity index (χ4n) is 5.56. The highest BCUT2D eigenvalue weighted by Gasteiger charge is 2.37. The van der Waals surface area contributed by atoms with E-state index in [-0.39, 0.29) is 40.4 Å². The van der Waals surface area contributed by atoms with Crippen molar-refractivity contribution in [1.29, 1.82) is 0 Å². The Morgan fingerprint density at radius 2 is 1.65 bits per heavy atom. The molecule has 13 heteroatoms. The topological polar surface area (TPSA) is 158 Å². The molecule has 2 heterocycles. The van der Waals surface area contributed by atoms with E-state index >= 15 is 4.39 Å². The van der Waals surface area contributed by atoms with Crippen molar-refractivity contribution in [2.45, 2.75) is 115 Å². The van der Waals surface area contributed by atoms with Gasteiger partial charge in [-0.1, -0.05) is 84.8 Å². The summed E-state index contributed by atoms with van der Waals surface area (Å²) in [7, 11) is -4.09. The molecular formula is C36H50FN5O6S. The third-order valence-electron chi connectivity index (χ3n) is 8.45. The lowest BCUT2D eigenvalue weighted by Crippen LogP contribution is -2.45. The van der Waals surface area contributed by atoms with Gasteiger partial charge in [0.15, 0.2) is 9.84 Å². The van der Waals surface area contributed by atoms with Gasteiger partial charge in [0.25, 0.3) is 5.89 Å². The van der Waals surface area contributed by atoms with Crippen molar-refractivity contribution in [3.8, 4) is 17.2 Å². The van der Waals surface area contributed by atoms with E-state index in [0.717, 1.165) is 44.7 Å². The summed E-state index contributed by atoms with van der Waals surface area (Å²) in [5.74, 6) is -1.13. The van der Waals surface area contributed by atoms with Gasteiger partial charge in [0, 0.05) is 18.4 Å². The average molecular weight is 700 g/mol. The van der Waals surface area contributed by atoms with E-state index in [4.69, 9.17) is 14.9 Å². The van der Waals surface area contributed by atoms with Gasteiger partial charge in [0.05, 0.1) is 41.1 Å². The van der Waals surface area contributed by atoms with Crippen molar-refractivity contribution in [1.82, 2.24) is 15.5 Å². The number of rotatable bonds is 17. The van der Waals surface area contributed by atoms with Crippen molar-refractivity contribution < 1.29 is 31.6 Å². The quantitative estimate of drug-likeness (QED) is 0.156. The van der Waals surface area contributed by atoms with E-state index in [9.17, 15) is 18.0 Å². The van der Waals surface area contributed by atoms with E-state index in [1.54, 1.807) is 0 Å². The summed E-state index contributed by atoms with van der Waals surface area (Å²) in [6, 6.07) is 8.08. The Morgan fingerprint density at radius 1 is 1.02 bits per heavy atom. The van der Waals surface area contributed by atoms with Crippen LogP contribution in [0.5, 0.6) is 5.75 Å². The van der Waals surface area contributed by atoms with Gasteiger partial charge in [-0.25, -0.2) is 12.8 Å². The lowest BCUT2D eigenvalue weighted by molar-refractivity contribution is -0.121. The average Bonchev–Trinajstić information content (AvgIpc) is 3.55. The summed E-state index contributed by atoms with van der Waals surface area (Å²) in [4.78, 5) is 25.7. The SMILES string of the molecule is CCC(=O)NCCCCCCCCCCCOc1ccc(CN2C(=O)[C@@H](N)CS(=O)(=O)c3cc(F)c(-c4nnc(C(C)(C)C)o4)cc32)cc1. The standard InChI is InChI=1S/C36H50FN5O6S/c1-5-32(43)39-19-13-11-9-7-6-8-10-12-14-20-47-26-17-15-25(16-18-26)23-42-30-21-27(33-40-41-35(48-33)36(2,3)4)28(37)22-31(30)49(45,46)24-29(38)34(42)44/h15-18,21-22,29H,5-14,19-20,23-24,38H2,1-4H3,(H,39,43)/t29-/m0/s1. The molecule has 11 nitrogen and oxygen atoms in total. The van der Waals surface area contributed by atoms with Crippen LogP contribution in [0, 0.1) is 5.82 Å². The molecule has 1 aromatic heterocycles. The lowest BCUT2D eigenvalue weighted by Gasteiger charge is -2.24. The van der Waals surface area contributed by atoms with Gasteiger partial charge >= 0.3 is 0 Å². The molecule has 1 atom stereocenters. The zero-order valence-electron chi connectivity index (χ0n) is 29.1. The van der Waals surface area contributed by atoms with E-state index in [2.05, 4.69) is 15.5 Å². The number of fused-ring (bicyclic) bond motifs is 1. The monoisotopic (exact) mass is 699 g/mol. The predicted molar refractivity (Wildman–Crippen MR) is 186 cm³/mol. The molecule has 0 fully saturated rings. The molecule has 2 aromatic carbocycles. The summed E-state index contributed by atoms with van der Waals surface area (Å²) < 4.78 is 53.5. The Labute approximate surface area is 289 Å². The van der Waals surface area contributed by atoms with Gasteiger partial charge in [0.1, 0.15) is 11.6 Å². The molecule has 268 valence electrons. The van der Waals surface area contributed by atoms with Crippen LogP contribution in [0.25, 0.3) is 11.5 Å². The van der Waals surface area contributed by atoms with Crippen molar-refractivity contribution in [2.75, 3.05) is 23.8 Å². The Hall–Kier alpha value is -3.84. The van der Waals surface area contributed by atoms with Gasteiger partial charge in [-0.3, -0.25) is 9.59 Å². The molecule has 49 heavy (non-hydrogen) atoms. The molecule has 1 aliphatic rings. The number of benzene rings is 2. The molecule has 0 saturated heterocycles. The van der Waals surface area contributed by atoms with E-state index in [1.807, 2.05) is 52.0 Å². The molecule has 0 unspecified atom stereocenters. The summed E-state index contributed by atoms with van der Waals surface area (Å²) in [5.41, 5.74) is 6.17. The number of nitrogens with one attached hydrogen (secondary N) is 1. The number of anilines is 1. The molecule has 3 aromatic rings. The van der Waals surface area contributed by atoms with Gasteiger partial charge < -0.3 is 25.1 Å². The number of unbranched alkanes of at least 4 members (excludes halogenated alkanes) is 8. The summed E-state index contributed by atoms with van der Waals surface area (Å²) in [6.07, 6.45) is 10.8. The van der Waals surface area contributed by atoms with Crippen molar-refractivity contribution in [3.05, 3.63) is 53.7 Å². The fraction of sp³-hybridized carbons (Fsp3) is 0.556. The summed E-state index contributed by atoms with van der Waals surface area (Å²) in [6.45, 7) is 8.84. The van der Waals surface area contributed by atoms with Crippen molar-refractivity contribution in [3.63, 3.8) is 0 Å². The molecule has 3 N–H and O–H groups in total. The Morgan fingerprint density at radius 3 is 2.27 bits per heavy atom. The van der Waals surface area contributed by atoms with Gasteiger partial charge in [-0.05, 0) is 42.7 Å². The second-order valence-electron chi connectivity index (χ2n) is 13.7. The number of nitrogens with two attached hydrogens (primary N) is 1. The zero-order valence-corrected chi connectivity index (χ0v) is 29.9. The molecule has 0 radical (unpaired) electrons. The number of ether oxygens (including phenoxy) is 1. The van der Waals surface area contributed by atoms with Crippen LogP contribution in [-0.2, 0) is 31.4 Å². The Bertz CT molecular complexity index is 1670. The molecule has 2 amide bonds. The molecule has 0 spiro atoms. The van der Waals surface area contributed by atoms with Gasteiger partial charge in [-0.2, -0.15) is 0 Å². The third-order valence-corrected chi connectivity index (χ3v) is 10.2. The maximum absolute atomic E-state index is 15.4. The first-order chi connectivity index (χ1) is 23.3. The molecule has 0 bridgehead atoms. The van der Waals surface area contributed by atoms with Crippen LogP contribution in [0.1, 0.15) is 103 Å². The minimum atomic E-state index is -4.09. The van der Waals surface area contributed by atoms with Crippen LogP contribution in [-0.4, -0.2) is 55.4 Å². The number of halogens is 1. The van der Waals surface area contributed by atoms with Gasteiger partial charge in [-0.15, -0.1) is 10.2 Å². The smallest absolute Gasteiger partial charge is 0.250 e. The maximum atomic E-state index is 15.4. The molecule has 4 rings (SSSR count). The van der Waals surface area contributed by atoms with Crippen LogP contribution < -0.4 is 20.7 Å². The first-order valence-corrected chi connectivity index (χ1v) is 18.9. The number of nitrogens with zero attached hydrogens (tertiary/aromatic N) is 3. The Balaban J connectivity index is 1.31. The number of sulfone groups is 1. The van der Waals surface area contributed by atoms with Crippen molar-refractivity contribution >= 4 is 27.3 Å². The van der Waals surface area contributed by atoms with Gasteiger partial charge in [0.2, 0.25) is 17.7 Å². The third kappa shape index (κ3) is 10.6. The van der Waals surface area contributed by atoms with Crippen LogP contribution in [0.15, 0.2) is 45.7 Å². The first kappa shape index (κ1) is 38.0. The highest BCUT2D eigenvalue weighted by molar-refractivity contribution is 7.91. The molecule has 0 aliphatic carbocycles. The van der Waals surface area contributed by atoms with Crippen LogP contribution in [0.2, 0.25) is 0 Å². The first-order valence-electron chi connectivity index (χ1n) is 17.3. The molecule has 0 saturated carbocycles. The highest BCUT2D eigenvalue weighted by atomic mass is 32.2. The minimum absolute atomic E-state index is 0.00239.